The van der Waals surface area contributed by atoms with Gasteiger partial charge in [-0.3, -0.25) is 4.90 Å². The summed E-state index contributed by atoms with van der Waals surface area (Å²) >= 11 is 0. The van der Waals surface area contributed by atoms with Crippen molar-refractivity contribution in [3.63, 3.8) is 0 Å². The molecule has 0 aliphatic heterocycles. The summed E-state index contributed by atoms with van der Waals surface area (Å²) in [6.07, 6.45) is 5.03. The van der Waals surface area contributed by atoms with E-state index in [1.807, 2.05) is 17.9 Å². The van der Waals surface area contributed by atoms with E-state index in [0.717, 1.165) is 6.54 Å². The van der Waals surface area contributed by atoms with Crippen molar-refractivity contribution in [3.8, 4) is 18.4 Å². The van der Waals surface area contributed by atoms with Gasteiger partial charge in [0.05, 0.1) is 19.2 Å². The number of nitrogens with zero attached hydrogens (tertiary/aromatic N) is 2. The van der Waals surface area contributed by atoms with Crippen LogP contribution in [0.25, 0.3) is 0 Å². The molecule has 0 spiro atoms. The zero-order valence-corrected chi connectivity index (χ0v) is 5.59. The Morgan fingerprint density at radius 1 is 1.56 bits per heavy atom. The van der Waals surface area contributed by atoms with Crippen molar-refractivity contribution in [3.05, 3.63) is 0 Å². The second-order valence-corrected chi connectivity index (χ2v) is 1.67. The third kappa shape index (κ3) is 3.58. The van der Waals surface area contributed by atoms with Crippen molar-refractivity contribution in [2.45, 2.75) is 6.92 Å². The summed E-state index contributed by atoms with van der Waals surface area (Å²) in [5.74, 6) is 2.48. The zero-order chi connectivity index (χ0) is 7.11. The van der Waals surface area contributed by atoms with Gasteiger partial charge in [0.1, 0.15) is 0 Å². The number of hydrogen-bond acceptors (Lipinski definition) is 2. The number of nitriles is 1. The highest BCUT2D eigenvalue weighted by atomic mass is 15.1. The molecule has 0 atom stereocenters. The lowest BCUT2D eigenvalue weighted by molar-refractivity contribution is 0.364. The Labute approximate surface area is 56.1 Å². The van der Waals surface area contributed by atoms with Gasteiger partial charge in [0, 0.05) is 0 Å². The first kappa shape index (κ1) is 8.01. The summed E-state index contributed by atoms with van der Waals surface area (Å²) in [6.45, 7) is 3.83. The first-order valence-electron chi connectivity index (χ1n) is 2.88. The van der Waals surface area contributed by atoms with Gasteiger partial charge >= 0.3 is 0 Å². The zero-order valence-electron chi connectivity index (χ0n) is 5.59. The van der Waals surface area contributed by atoms with Crippen molar-refractivity contribution in [2.24, 2.45) is 0 Å². The van der Waals surface area contributed by atoms with E-state index in [-0.39, 0.29) is 0 Å². The van der Waals surface area contributed by atoms with Crippen LogP contribution in [-0.2, 0) is 0 Å². The molecule has 2 heteroatoms. The predicted octanol–water partition coefficient (Wildman–Crippen LogP) is 0.465. The van der Waals surface area contributed by atoms with Crippen molar-refractivity contribution in [1.82, 2.24) is 4.90 Å². The maximum Gasteiger partial charge on any atom is 0.0873 e. The highest BCUT2D eigenvalue weighted by Crippen LogP contribution is 1.82. The van der Waals surface area contributed by atoms with Crippen LogP contribution in [0.4, 0.5) is 0 Å². The second-order valence-electron chi connectivity index (χ2n) is 1.67. The standard InChI is InChI=1S/C7H10N2/c1-3-6-9(4-2)7-5-8/h1H,4,6-7H2,2H3. The first-order chi connectivity index (χ1) is 4.35. The summed E-state index contributed by atoms with van der Waals surface area (Å²) in [7, 11) is 0. The molecule has 0 aromatic heterocycles. The predicted molar refractivity (Wildman–Crippen MR) is 36.6 cm³/mol. The van der Waals surface area contributed by atoms with Gasteiger partial charge in [0.15, 0.2) is 0 Å². The maximum atomic E-state index is 8.23. The van der Waals surface area contributed by atoms with Gasteiger partial charge in [-0.1, -0.05) is 12.8 Å². The Balaban J connectivity index is 3.47. The summed E-state index contributed by atoms with van der Waals surface area (Å²) in [6, 6.07) is 2.03. The summed E-state index contributed by atoms with van der Waals surface area (Å²) in [4.78, 5) is 1.89. The lowest BCUT2D eigenvalue weighted by Crippen LogP contribution is -2.23. The molecule has 0 aromatic rings. The molecule has 0 fully saturated rings. The molecule has 0 heterocycles. The Morgan fingerprint density at radius 3 is 2.56 bits per heavy atom. The highest BCUT2D eigenvalue weighted by molar-refractivity contribution is 4.90. The minimum absolute atomic E-state index is 0.431. The van der Waals surface area contributed by atoms with Crippen LogP contribution in [0.15, 0.2) is 0 Å². The summed E-state index contributed by atoms with van der Waals surface area (Å²) in [5.41, 5.74) is 0. The molecule has 0 saturated heterocycles. The third-order valence-corrected chi connectivity index (χ3v) is 1.06. The van der Waals surface area contributed by atoms with Crippen molar-refractivity contribution in [1.29, 1.82) is 5.26 Å². The molecular formula is C7H10N2. The van der Waals surface area contributed by atoms with Gasteiger partial charge < -0.3 is 0 Å². The smallest absolute Gasteiger partial charge is 0.0873 e. The van der Waals surface area contributed by atoms with E-state index in [4.69, 9.17) is 11.7 Å². The normalized spacial score (nSPS) is 8.44. The highest BCUT2D eigenvalue weighted by Gasteiger charge is 1.95. The Kier molecular flexibility index (Phi) is 4.59. The average Bonchev–Trinajstić information content (AvgIpc) is 1.88. The molecule has 0 amide bonds. The van der Waals surface area contributed by atoms with E-state index >= 15 is 0 Å². The fourth-order valence-electron chi connectivity index (χ4n) is 0.509. The minimum Gasteiger partial charge on any atom is -0.280 e. The number of hydrogen-bond donors (Lipinski definition) is 0. The quantitative estimate of drug-likeness (QED) is 0.402. The van der Waals surface area contributed by atoms with E-state index < -0.39 is 0 Å². The van der Waals surface area contributed by atoms with Crippen molar-refractivity contribution < 1.29 is 0 Å². The molecule has 0 saturated carbocycles. The molecule has 0 bridgehead atoms. The van der Waals surface area contributed by atoms with Crippen LogP contribution < -0.4 is 0 Å². The van der Waals surface area contributed by atoms with Gasteiger partial charge in [-0.05, 0) is 6.54 Å². The summed E-state index contributed by atoms with van der Waals surface area (Å²) in [5, 5.41) is 8.23. The maximum absolute atomic E-state index is 8.23. The molecule has 0 unspecified atom stereocenters. The van der Waals surface area contributed by atoms with Gasteiger partial charge in [0.25, 0.3) is 0 Å². The van der Waals surface area contributed by atoms with E-state index in [9.17, 15) is 0 Å². The third-order valence-electron chi connectivity index (χ3n) is 1.06. The first-order valence-corrected chi connectivity index (χ1v) is 2.88. The molecule has 0 rings (SSSR count). The fraction of sp³-hybridized carbons (Fsp3) is 0.571. The monoisotopic (exact) mass is 122 g/mol. The average molecular weight is 122 g/mol. The molecule has 9 heavy (non-hydrogen) atoms. The lowest BCUT2D eigenvalue weighted by atomic mass is 10.5. The van der Waals surface area contributed by atoms with E-state index in [0.29, 0.717) is 13.1 Å². The topological polar surface area (TPSA) is 27.0 Å². The Hall–Kier alpha value is -0.990. The molecule has 0 N–H and O–H groups in total. The van der Waals surface area contributed by atoms with Crippen molar-refractivity contribution in [2.75, 3.05) is 19.6 Å². The van der Waals surface area contributed by atoms with E-state index in [1.165, 1.54) is 0 Å². The van der Waals surface area contributed by atoms with Crippen molar-refractivity contribution >= 4 is 0 Å². The van der Waals surface area contributed by atoms with Gasteiger partial charge in [-0.15, -0.1) is 6.42 Å². The van der Waals surface area contributed by atoms with E-state index in [1.54, 1.807) is 0 Å². The van der Waals surface area contributed by atoms with Crippen LogP contribution in [0.3, 0.4) is 0 Å². The lowest BCUT2D eigenvalue weighted by Gasteiger charge is -2.10. The van der Waals surface area contributed by atoms with Gasteiger partial charge in [-0.25, -0.2) is 0 Å². The van der Waals surface area contributed by atoms with Crippen LogP contribution in [-0.4, -0.2) is 24.5 Å². The SMILES string of the molecule is C#CCN(CC)CC#N. The second kappa shape index (κ2) is 5.15. The van der Waals surface area contributed by atoms with Crippen LogP contribution in [0, 0.1) is 23.7 Å². The van der Waals surface area contributed by atoms with E-state index in [2.05, 4.69) is 5.92 Å². The molecule has 0 aromatic carbocycles. The van der Waals surface area contributed by atoms with Crippen LogP contribution in [0.1, 0.15) is 6.92 Å². The number of terminal acetylenes is 1. The van der Waals surface area contributed by atoms with Gasteiger partial charge in [0.2, 0.25) is 0 Å². The van der Waals surface area contributed by atoms with Crippen LogP contribution in [0.5, 0.6) is 0 Å². The minimum atomic E-state index is 0.431. The molecule has 2 nitrogen and oxygen atoms in total. The fourth-order valence-corrected chi connectivity index (χ4v) is 0.509. The van der Waals surface area contributed by atoms with Crippen LogP contribution >= 0.6 is 0 Å². The molecular weight excluding hydrogens is 112 g/mol. The molecule has 0 radical (unpaired) electrons. The Morgan fingerprint density at radius 2 is 2.22 bits per heavy atom. The molecule has 0 aliphatic rings. The van der Waals surface area contributed by atoms with Crippen LogP contribution in [0.2, 0.25) is 0 Å². The van der Waals surface area contributed by atoms with Gasteiger partial charge in [-0.2, -0.15) is 5.26 Å². The largest absolute Gasteiger partial charge is 0.280 e. The summed E-state index contributed by atoms with van der Waals surface area (Å²) < 4.78 is 0. The molecule has 0 aliphatic carbocycles. The Bertz CT molecular complexity index is 122. The molecule has 48 valence electrons. The number of rotatable bonds is 3.